The quantitative estimate of drug-likeness (QED) is 0.0349. The lowest BCUT2D eigenvalue weighted by Crippen LogP contribution is -2.21. The second kappa shape index (κ2) is 58.8. The van der Waals surface area contributed by atoms with Crippen LogP contribution in [0.4, 0.5) is 0 Å². The monoisotopic (exact) mass is 2100 g/mol. The van der Waals surface area contributed by atoms with Crippen LogP contribution in [0.2, 0.25) is 40.2 Å². The Bertz CT molecular complexity index is 6060. The Balaban J connectivity index is 0.000000189. The summed E-state index contributed by atoms with van der Waals surface area (Å²) >= 11 is 55.8. The molecular formula is C104H121Cl8N17O5S4. The van der Waals surface area contributed by atoms with Gasteiger partial charge in [-0.15, -0.1) is 45.3 Å². The Labute approximate surface area is 868 Å². The number of benzene rings is 4. The third kappa shape index (κ3) is 34.0. The normalized spacial score (nSPS) is 13.1. The number of aromatic nitrogens is 8. The topological polar surface area (TPSA) is 304 Å². The Morgan fingerprint density at radius 1 is 0.377 bits per heavy atom. The Morgan fingerprint density at radius 3 is 0.891 bits per heavy atom. The van der Waals surface area contributed by atoms with Crippen LogP contribution in [0.3, 0.4) is 0 Å². The van der Waals surface area contributed by atoms with E-state index in [0.29, 0.717) is 100 Å². The molecule has 4 saturated heterocycles. The summed E-state index contributed by atoms with van der Waals surface area (Å²) in [7, 11) is 3.94. The first-order valence-corrected chi connectivity index (χ1v) is 52.7. The average molecular weight is 2100 g/mol. The van der Waals surface area contributed by atoms with Crippen LogP contribution in [0, 0.1) is 61.2 Å². The number of amides is 4. The first kappa shape index (κ1) is 112. The van der Waals surface area contributed by atoms with Crippen molar-refractivity contribution in [1.82, 2.24) is 65.3 Å². The number of primary amides is 4. The van der Waals surface area contributed by atoms with Crippen LogP contribution < -0.4 is 44.2 Å². The highest BCUT2D eigenvalue weighted by atomic mass is 35.5. The standard InChI is InChI=1S/C21H19Cl2N3O2S.2C21H19Cl2N3OS.C20H18Cl2N4OS.C6H13N.3C5H11N/c1-12(2)28-10-4-5-15-7-9-18(29-15)20-13(3)19(21(24)27)25-26(20)17-8-6-14(22)11-16(17)23;2*1-3-5-6-7-14-9-11-18(28-14)20-15(4-2)19(21(24)27)25-26(20)17-10-8-13(22)12-16(17)23;1-12-18(20(23)27)24-26(16-8-6-13(21)11-15(16)22)19(12)17-9-7-14(28-17)5-4-10-25(2)3;1-2-4-6-7-5-3-1;3*1-2-4-6-5-3-1/h6-9,11-12H,10H2,1-3H3,(H2,24,27);2*8-12H,3-5H2,1-2H3,(H2,24,27);6-9,11H,10H2,1-3H3,(H2,23,27);7H,1-6H2;3*6H,1-5H2. The number of carbonyl (C=O) groups is 4. The van der Waals surface area contributed by atoms with E-state index in [1.165, 1.54) is 159 Å². The molecule has 12 aromatic rings. The number of unbranched alkanes of at least 4 members (excludes halogenated alkanes) is 2. The first-order valence-electron chi connectivity index (χ1n) is 46.4. The molecule has 0 bridgehead atoms. The fourth-order valence-corrected chi connectivity index (χ4v) is 20.3. The van der Waals surface area contributed by atoms with E-state index >= 15 is 0 Å². The summed E-state index contributed by atoms with van der Waals surface area (Å²) < 4.78 is 12.1. The number of ether oxygens (including phenoxy) is 1. The highest BCUT2D eigenvalue weighted by molar-refractivity contribution is 7.17. The third-order valence-electron chi connectivity index (χ3n) is 21.3. The van der Waals surface area contributed by atoms with Gasteiger partial charge >= 0.3 is 0 Å². The smallest absolute Gasteiger partial charge is 0.269 e. The molecule has 16 rings (SSSR count). The lowest BCUT2D eigenvalue weighted by molar-refractivity contribution is 0.0986. The van der Waals surface area contributed by atoms with Gasteiger partial charge in [-0.25, -0.2) is 18.7 Å². The van der Waals surface area contributed by atoms with E-state index in [9.17, 15) is 19.2 Å². The van der Waals surface area contributed by atoms with E-state index in [2.05, 4.69) is 103 Å². The predicted octanol–water partition coefficient (Wildman–Crippen LogP) is 24.2. The van der Waals surface area contributed by atoms with Gasteiger partial charge in [-0.1, -0.05) is 200 Å². The molecule has 22 nitrogen and oxygen atoms in total. The minimum absolute atomic E-state index is 0.136. The zero-order chi connectivity index (χ0) is 99.7. The maximum absolute atomic E-state index is 12.0. The maximum atomic E-state index is 12.0. The fraction of sp³-hybridized carbons (Fsp3) is 0.385. The Hall–Kier alpha value is -9.28. The number of nitrogens with zero attached hydrogens (tertiary/aromatic N) is 9. The summed E-state index contributed by atoms with van der Waals surface area (Å²) in [6.07, 6.45) is 23.4. The molecule has 138 heavy (non-hydrogen) atoms. The number of rotatable bonds is 19. The van der Waals surface area contributed by atoms with Crippen molar-refractivity contribution < 1.29 is 23.9 Å². The van der Waals surface area contributed by atoms with Crippen LogP contribution in [-0.4, -0.2) is 153 Å². The van der Waals surface area contributed by atoms with Gasteiger partial charge in [-0.2, -0.15) is 20.4 Å². The van der Waals surface area contributed by atoms with Crippen molar-refractivity contribution in [2.75, 3.05) is 79.6 Å². The third-order valence-corrected chi connectivity index (χ3v) is 27.5. The predicted molar refractivity (Wildman–Crippen MR) is 578 cm³/mol. The van der Waals surface area contributed by atoms with Crippen molar-refractivity contribution >= 4 is 162 Å². The molecule has 4 amide bonds. The van der Waals surface area contributed by atoms with E-state index in [4.69, 9.17) is 120 Å². The van der Waals surface area contributed by atoms with Crippen molar-refractivity contribution in [3.05, 3.63) is 226 Å². The molecule has 0 atom stereocenters. The lowest BCUT2D eigenvalue weighted by atomic mass is 10.1. The van der Waals surface area contributed by atoms with Gasteiger partial charge in [0.25, 0.3) is 23.6 Å². The van der Waals surface area contributed by atoms with E-state index in [1.54, 1.807) is 114 Å². The summed E-state index contributed by atoms with van der Waals surface area (Å²) in [6.45, 7) is 26.7. The first-order chi connectivity index (χ1) is 66.5. The zero-order valence-electron chi connectivity index (χ0n) is 79.7. The molecule has 34 heteroatoms. The summed E-state index contributed by atoms with van der Waals surface area (Å²) in [5, 5.41) is 34.8. The Kier molecular flexibility index (Phi) is 47.9. The highest BCUT2D eigenvalue weighted by Gasteiger charge is 2.29. The van der Waals surface area contributed by atoms with Crippen molar-refractivity contribution in [1.29, 1.82) is 0 Å². The molecule has 12 N–H and O–H groups in total. The molecular weight excluding hydrogens is 1980 g/mol. The number of hydrogen-bond acceptors (Lipinski definition) is 18. The van der Waals surface area contributed by atoms with Crippen LogP contribution in [0.5, 0.6) is 0 Å². The van der Waals surface area contributed by atoms with Gasteiger partial charge < -0.3 is 48.9 Å². The second-order valence-corrected chi connectivity index (χ2v) is 40.5. The lowest BCUT2D eigenvalue weighted by Gasteiger charge is -2.09. The number of carbonyl (C=O) groups excluding carboxylic acids is 4. The van der Waals surface area contributed by atoms with E-state index < -0.39 is 23.6 Å². The number of nitrogens with one attached hydrogen (secondary N) is 4. The van der Waals surface area contributed by atoms with Crippen LogP contribution in [0.25, 0.3) is 65.0 Å². The van der Waals surface area contributed by atoms with Gasteiger partial charge in [0.1, 0.15) is 6.61 Å². The van der Waals surface area contributed by atoms with Crippen molar-refractivity contribution in [2.24, 2.45) is 22.9 Å². The summed E-state index contributed by atoms with van der Waals surface area (Å²) in [5.74, 6) is 22.7. The number of piperidine rings is 3. The summed E-state index contributed by atoms with van der Waals surface area (Å²) in [4.78, 5) is 57.2. The largest absolute Gasteiger partial charge is 0.366 e. The molecule has 0 saturated carbocycles. The molecule has 12 heterocycles. The van der Waals surface area contributed by atoms with Crippen LogP contribution >= 0.6 is 138 Å². The van der Waals surface area contributed by atoms with Gasteiger partial charge in [0.2, 0.25) is 0 Å². The number of hydrogen-bond donors (Lipinski definition) is 8. The van der Waals surface area contributed by atoms with E-state index in [-0.39, 0.29) is 28.9 Å². The van der Waals surface area contributed by atoms with Crippen molar-refractivity contribution in [2.45, 2.75) is 183 Å². The van der Waals surface area contributed by atoms with Gasteiger partial charge in [0.15, 0.2) is 22.8 Å². The number of halogens is 8. The molecule has 4 aromatic carbocycles. The summed E-state index contributed by atoms with van der Waals surface area (Å²) in [5.41, 5.74) is 31.6. The van der Waals surface area contributed by atoms with Gasteiger partial charge in [0.05, 0.1) is 117 Å². The van der Waals surface area contributed by atoms with Crippen LogP contribution in [0.15, 0.2) is 121 Å². The van der Waals surface area contributed by atoms with Crippen molar-refractivity contribution in [3.63, 3.8) is 0 Å². The molecule has 4 fully saturated rings. The molecule has 0 unspecified atom stereocenters. The van der Waals surface area contributed by atoms with Crippen molar-refractivity contribution in [3.8, 4) is 112 Å². The SMILES string of the molecule is C1CCCNCC1.C1CCNCC1.C1CCNCC1.C1CCNCC1.CCCC#Cc1ccc(-c2c(CC)c(C(N)=O)nn2-c2ccc(Cl)cc2Cl)s1.CCCC#Cc1ccc(-c2c(CC)c(C(N)=O)nn2-c2ccc(Cl)cc2Cl)s1.Cc1c(C(N)=O)nn(-c2ccc(Cl)cc2Cl)c1-c1ccc(C#CCN(C)C)s1.Cc1c(C(N)=O)nn(-c2ccc(Cl)cc2Cl)c1-c1ccc(C#CCOC(C)C)s1. The highest BCUT2D eigenvalue weighted by Crippen LogP contribution is 2.42. The number of nitrogens with two attached hydrogens (primary N) is 4. The molecule has 0 spiro atoms. The van der Waals surface area contributed by atoms with Crippen LogP contribution in [0.1, 0.15) is 234 Å². The molecule has 8 aromatic heterocycles. The minimum atomic E-state index is -0.602. The molecule has 0 aliphatic carbocycles. The Morgan fingerprint density at radius 2 is 0.638 bits per heavy atom. The fourth-order valence-electron chi connectivity index (χ4n) is 14.5. The molecule has 4 aliphatic heterocycles. The molecule has 732 valence electrons. The van der Waals surface area contributed by atoms with E-state index in [0.717, 1.165) is 98.6 Å². The maximum Gasteiger partial charge on any atom is 0.269 e. The molecule has 0 radical (unpaired) electrons. The summed E-state index contributed by atoms with van der Waals surface area (Å²) in [6, 6.07) is 36.2. The van der Waals surface area contributed by atoms with Gasteiger partial charge in [-0.3, -0.25) is 24.1 Å². The second-order valence-electron chi connectivity index (χ2n) is 32.7. The van der Waals surface area contributed by atoms with Gasteiger partial charge in [0, 0.05) is 55.2 Å². The number of thiophene rings is 4. The van der Waals surface area contributed by atoms with Gasteiger partial charge in [-0.05, 0) is 293 Å². The average Bonchev–Trinajstić information content (AvgIpc) is 1.63. The van der Waals surface area contributed by atoms with Crippen LogP contribution in [-0.2, 0) is 17.6 Å². The van der Waals surface area contributed by atoms with E-state index in [1.807, 2.05) is 109 Å². The minimum Gasteiger partial charge on any atom is -0.366 e. The zero-order valence-corrected chi connectivity index (χ0v) is 89.0. The molecule has 4 aliphatic rings.